The number of amides is 1. The van der Waals surface area contributed by atoms with Gasteiger partial charge >= 0.3 is 5.97 Å². The zero-order valence-electron chi connectivity index (χ0n) is 11.2. The molecule has 9 heteroatoms. The first kappa shape index (κ1) is 15.3. The normalized spacial score (nSPS) is 18.9. The molecule has 0 aliphatic carbocycles. The Hall–Kier alpha value is -2.13. The van der Waals surface area contributed by atoms with Gasteiger partial charge in [-0.1, -0.05) is 0 Å². The number of carboxylic acids is 1. The fourth-order valence-corrected chi connectivity index (χ4v) is 2.69. The van der Waals surface area contributed by atoms with Crippen LogP contribution in [0.3, 0.4) is 0 Å². The van der Waals surface area contributed by atoms with E-state index in [1.54, 1.807) is 7.05 Å². The van der Waals surface area contributed by atoms with Gasteiger partial charge in [0.1, 0.15) is 6.04 Å². The molecule has 1 fully saturated rings. The molecular formula is C12H15N3O5S. The topological polar surface area (TPSA) is 130 Å². The molecule has 0 spiro atoms. The van der Waals surface area contributed by atoms with E-state index in [1.807, 2.05) is 0 Å². The lowest BCUT2D eigenvalue weighted by atomic mass is 10.1. The van der Waals surface area contributed by atoms with Crippen LogP contribution in [0.1, 0.15) is 16.8 Å². The molecule has 0 bridgehead atoms. The third-order valence-electron chi connectivity index (χ3n) is 3.31. The van der Waals surface area contributed by atoms with E-state index in [1.165, 1.54) is 17.0 Å². The van der Waals surface area contributed by atoms with Crippen LogP contribution in [-0.2, 0) is 14.8 Å². The molecule has 0 radical (unpaired) electrons. The summed E-state index contributed by atoms with van der Waals surface area (Å²) in [4.78, 5) is 24.3. The van der Waals surface area contributed by atoms with Crippen LogP contribution in [0.15, 0.2) is 23.1 Å². The number of nitrogens with two attached hydrogens (primary N) is 1. The summed E-state index contributed by atoms with van der Waals surface area (Å²) in [6.45, 7) is 0.578. The van der Waals surface area contributed by atoms with Gasteiger partial charge in [0, 0.05) is 19.3 Å². The van der Waals surface area contributed by atoms with Gasteiger partial charge in [0.05, 0.1) is 10.5 Å². The maximum absolute atomic E-state index is 11.8. The number of hydrogen-bond donors (Lipinski definition) is 3. The highest BCUT2D eigenvalue weighted by molar-refractivity contribution is 7.89. The predicted molar refractivity (Wildman–Crippen MR) is 74.4 cm³/mol. The predicted octanol–water partition coefficient (Wildman–Crippen LogP) is -0.325. The number of carboxylic acid groups (broad SMARTS) is 1. The molecule has 114 valence electrons. The number of aromatic carboxylic acids is 1. The summed E-state index contributed by atoms with van der Waals surface area (Å²) in [5, 5.41) is 17.0. The minimum Gasteiger partial charge on any atom is -0.478 e. The zero-order valence-corrected chi connectivity index (χ0v) is 12.1. The first-order valence-electron chi connectivity index (χ1n) is 6.12. The van der Waals surface area contributed by atoms with Crippen molar-refractivity contribution in [1.82, 2.24) is 4.90 Å². The highest BCUT2D eigenvalue weighted by Crippen LogP contribution is 2.23. The Kier molecular flexibility index (Phi) is 3.88. The quantitative estimate of drug-likeness (QED) is 0.698. The highest BCUT2D eigenvalue weighted by atomic mass is 32.2. The van der Waals surface area contributed by atoms with E-state index >= 15 is 0 Å². The molecule has 21 heavy (non-hydrogen) atoms. The fourth-order valence-electron chi connectivity index (χ4n) is 2.15. The number of nitrogens with one attached hydrogen (secondary N) is 1. The average Bonchev–Trinajstić information content (AvgIpc) is 2.69. The van der Waals surface area contributed by atoms with Crippen LogP contribution in [0.2, 0.25) is 0 Å². The lowest BCUT2D eigenvalue weighted by molar-refractivity contribution is -0.127. The van der Waals surface area contributed by atoms with Gasteiger partial charge in [-0.15, -0.1) is 0 Å². The Morgan fingerprint density at radius 3 is 2.62 bits per heavy atom. The number of likely N-dealkylation sites (N-methyl/N-ethyl adjacent to an activating group) is 1. The van der Waals surface area contributed by atoms with Gasteiger partial charge in [0.15, 0.2) is 0 Å². The summed E-state index contributed by atoms with van der Waals surface area (Å²) < 4.78 is 22.5. The van der Waals surface area contributed by atoms with Crippen LogP contribution in [-0.4, -0.2) is 49.9 Å². The number of likely N-dealkylation sites (tertiary alicyclic amines) is 1. The van der Waals surface area contributed by atoms with Crippen molar-refractivity contribution in [2.75, 3.05) is 18.9 Å². The summed E-state index contributed by atoms with van der Waals surface area (Å²) in [5.41, 5.74) is -0.0626. The van der Waals surface area contributed by atoms with Crippen LogP contribution in [0.4, 0.5) is 5.69 Å². The Labute approximate surface area is 121 Å². The van der Waals surface area contributed by atoms with Crippen molar-refractivity contribution in [3.8, 4) is 0 Å². The standard InChI is InChI=1S/C12H15N3O5S/c1-15-5-4-10(11(15)16)14-9-3-2-7(21(13,19)20)6-8(9)12(17)18/h2-3,6,10,14H,4-5H2,1H3,(H,17,18)(H2,13,19,20). The number of rotatable bonds is 4. The molecule has 1 unspecified atom stereocenters. The van der Waals surface area contributed by atoms with Gasteiger partial charge in [-0.2, -0.15) is 0 Å². The fraction of sp³-hybridized carbons (Fsp3) is 0.333. The Morgan fingerprint density at radius 2 is 2.14 bits per heavy atom. The van der Waals surface area contributed by atoms with Gasteiger partial charge in [-0.05, 0) is 24.6 Å². The first-order valence-corrected chi connectivity index (χ1v) is 7.66. The third kappa shape index (κ3) is 3.14. The van der Waals surface area contributed by atoms with Crippen LogP contribution in [0.5, 0.6) is 0 Å². The van der Waals surface area contributed by atoms with Gasteiger partial charge in [0.25, 0.3) is 0 Å². The number of sulfonamides is 1. The van der Waals surface area contributed by atoms with Gasteiger partial charge in [-0.25, -0.2) is 18.4 Å². The molecule has 8 nitrogen and oxygen atoms in total. The molecule has 1 aliphatic heterocycles. The molecule has 0 saturated carbocycles. The van der Waals surface area contributed by atoms with E-state index in [0.29, 0.717) is 13.0 Å². The summed E-state index contributed by atoms with van der Waals surface area (Å²) in [5.74, 6) is -1.44. The Balaban J connectivity index is 2.36. The molecule has 1 amide bonds. The van der Waals surface area contributed by atoms with Crippen molar-refractivity contribution in [3.05, 3.63) is 23.8 Å². The number of carbonyl (C=O) groups excluding carboxylic acids is 1. The number of nitrogens with zero attached hydrogens (tertiary/aromatic N) is 1. The van der Waals surface area contributed by atoms with Crippen LogP contribution in [0, 0.1) is 0 Å². The number of primary sulfonamides is 1. The third-order valence-corrected chi connectivity index (χ3v) is 4.22. The summed E-state index contributed by atoms with van der Waals surface area (Å²) in [6.07, 6.45) is 0.547. The first-order chi connectivity index (χ1) is 9.70. The molecule has 0 aromatic heterocycles. The van der Waals surface area contributed by atoms with Gasteiger partial charge in [-0.3, -0.25) is 4.79 Å². The maximum atomic E-state index is 11.8. The lowest BCUT2D eigenvalue weighted by Gasteiger charge is -2.15. The number of carbonyl (C=O) groups is 2. The molecule has 1 heterocycles. The van der Waals surface area contributed by atoms with Gasteiger partial charge < -0.3 is 15.3 Å². The minimum atomic E-state index is -3.99. The second-order valence-electron chi connectivity index (χ2n) is 4.80. The van der Waals surface area contributed by atoms with Crippen LogP contribution < -0.4 is 10.5 Å². The summed E-state index contributed by atoms with van der Waals surface area (Å²) >= 11 is 0. The smallest absolute Gasteiger partial charge is 0.337 e. The second kappa shape index (κ2) is 5.34. The number of hydrogen-bond acceptors (Lipinski definition) is 5. The second-order valence-corrected chi connectivity index (χ2v) is 6.36. The largest absolute Gasteiger partial charge is 0.478 e. The molecule has 4 N–H and O–H groups in total. The van der Waals surface area contributed by atoms with E-state index in [4.69, 9.17) is 5.14 Å². The van der Waals surface area contributed by atoms with Crippen LogP contribution in [0.25, 0.3) is 0 Å². The van der Waals surface area contributed by atoms with Crippen molar-refractivity contribution >= 4 is 27.6 Å². The van der Waals surface area contributed by atoms with Crippen molar-refractivity contribution in [2.24, 2.45) is 5.14 Å². The van der Waals surface area contributed by atoms with Crippen molar-refractivity contribution in [1.29, 1.82) is 0 Å². The van der Waals surface area contributed by atoms with E-state index in [2.05, 4.69) is 5.32 Å². The molecular weight excluding hydrogens is 298 g/mol. The van der Waals surface area contributed by atoms with E-state index in [0.717, 1.165) is 6.07 Å². The SMILES string of the molecule is CN1CCC(Nc2ccc(S(N)(=O)=O)cc2C(=O)O)C1=O. The molecule has 1 saturated heterocycles. The number of anilines is 1. The van der Waals surface area contributed by atoms with Crippen LogP contribution >= 0.6 is 0 Å². The monoisotopic (exact) mass is 313 g/mol. The molecule has 1 aromatic rings. The summed E-state index contributed by atoms with van der Waals surface area (Å²) in [7, 11) is -2.33. The minimum absolute atomic E-state index is 0.137. The average molecular weight is 313 g/mol. The van der Waals surface area contributed by atoms with Gasteiger partial charge in [0.2, 0.25) is 15.9 Å². The van der Waals surface area contributed by atoms with Crippen molar-refractivity contribution < 1.29 is 23.1 Å². The van der Waals surface area contributed by atoms with Crippen molar-refractivity contribution in [2.45, 2.75) is 17.4 Å². The molecule has 1 aromatic carbocycles. The maximum Gasteiger partial charge on any atom is 0.337 e. The molecule has 1 aliphatic rings. The van der Waals surface area contributed by atoms with Crippen molar-refractivity contribution in [3.63, 3.8) is 0 Å². The molecule has 2 rings (SSSR count). The highest BCUT2D eigenvalue weighted by Gasteiger charge is 2.30. The Morgan fingerprint density at radius 1 is 1.48 bits per heavy atom. The van der Waals surface area contributed by atoms with E-state index in [-0.39, 0.29) is 22.1 Å². The zero-order chi connectivity index (χ0) is 15.8. The summed E-state index contributed by atoms with van der Waals surface area (Å²) in [6, 6.07) is 2.96. The van der Waals surface area contributed by atoms with E-state index in [9.17, 15) is 23.1 Å². The Bertz CT molecular complexity index is 701. The lowest BCUT2D eigenvalue weighted by Crippen LogP contribution is -2.31. The van der Waals surface area contributed by atoms with E-state index < -0.39 is 22.0 Å². The molecule has 1 atom stereocenters. The number of benzene rings is 1.